The highest BCUT2D eigenvalue weighted by atomic mass is 19.1. The van der Waals surface area contributed by atoms with Gasteiger partial charge in [0.15, 0.2) is 0 Å². The van der Waals surface area contributed by atoms with Gasteiger partial charge in [0.2, 0.25) is 0 Å². The van der Waals surface area contributed by atoms with Crippen molar-refractivity contribution in [1.29, 1.82) is 0 Å². The molecule has 0 unspecified atom stereocenters. The molecule has 2 aromatic rings. The smallest absolute Gasteiger partial charge is 0.338 e. The van der Waals surface area contributed by atoms with Crippen molar-refractivity contribution in [3.63, 3.8) is 0 Å². The summed E-state index contributed by atoms with van der Waals surface area (Å²) in [5.74, 6) is -1.74. The average molecular weight is 265 g/mol. The molecule has 0 aliphatic heterocycles. The number of nitrogens with zero attached hydrogens (tertiary/aromatic N) is 1. The van der Waals surface area contributed by atoms with Crippen molar-refractivity contribution in [2.45, 2.75) is 0 Å². The largest absolute Gasteiger partial charge is 0.472 e. The summed E-state index contributed by atoms with van der Waals surface area (Å²) in [5, 5.41) is 11.0. The van der Waals surface area contributed by atoms with Crippen molar-refractivity contribution in [2.24, 2.45) is 0 Å². The molecule has 7 heteroatoms. The second-order valence-electron chi connectivity index (χ2n) is 3.61. The van der Waals surface area contributed by atoms with Crippen LogP contribution in [0.2, 0.25) is 0 Å². The first-order valence-electron chi connectivity index (χ1n) is 5.13. The average Bonchev–Trinajstić information content (AvgIpc) is 2.90. The van der Waals surface area contributed by atoms with Crippen LogP contribution in [0.25, 0.3) is 11.1 Å². The minimum atomic E-state index is -0.893. The Labute approximate surface area is 106 Å². The van der Waals surface area contributed by atoms with Gasteiger partial charge >= 0.3 is 5.97 Å². The highest BCUT2D eigenvalue weighted by Gasteiger charge is 2.24. The first kappa shape index (κ1) is 12.7. The zero-order valence-corrected chi connectivity index (χ0v) is 9.75. The number of halogens is 1. The van der Waals surface area contributed by atoms with Gasteiger partial charge < -0.3 is 9.15 Å². The van der Waals surface area contributed by atoms with E-state index in [0.717, 1.165) is 19.2 Å². The van der Waals surface area contributed by atoms with Crippen LogP contribution in [-0.4, -0.2) is 18.0 Å². The van der Waals surface area contributed by atoms with E-state index in [1.54, 1.807) is 0 Å². The summed E-state index contributed by atoms with van der Waals surface area (Å²) in [7, 11) is 1.11. The fourth-order valence-electron chi connectivity index (χ4n) is 1.66. The second kappa shape index (κ2) is 4.89. The van der Waals surface area contributed by atoms with E-state index in [4.69, 9.17) is 4.42 Å². The van der Waals surface area contributed by atoms with Gasteiger partial charge in [-0.1, -0.05) is 0 Å². The lowest BCUT2D eigenvalue weighted by molar-refractivity contribution is -0.384. The van der Waals surface area contributed by atoms with Crippen LogP contribution in [0.4, 0.5) is 10.1 Å². The molecule has 1 aromatic heterocycles. The SMILES string of the molecule is COC(=O)c1cc(F)c(-c2ccoc2)c([N+](=O)[O-])c1. The minimum absolute atomic E-state index is 0.223. The Bertz CT molecular complexity index is 636. The molecule has 0 fully saturated rings. The first-order valence-corrected chi connectivity index (χ1v) is 5.13. The molecule has 0 N–H and O–H groups in total. The lowest BCUT2D eigenvalue weighted by Gasteiger charge is -2.05. The quantitative estimate of drug-likeness (QED) is 0.484. The number of nitro benzene ring substituents is 1. The van der Waals surface area contributed by atoms with E-state index in [2.05, 4.69) is 4.74 Å². The normalized spacial score (nSPS) is 10.2. The fraction of sp³-hybridized carbons (Fsp3) is 0.0833. The molecular weight excluding hydrogens is 257 g/mol. The van der Waals surface area contributed by atoms with Gasteiger partial charge in [0.1, 0.15) is 5.82 Å². The van der Waals surface area contributed by atoms with Gasteiger partial charge in [-0.25, -0.2) is 9.18 Å². The molecule has 0 radical (unpaired) electrons. The van der Waals surface area contributed by atoms with Gasteiger partial charge in [0, 0.05) is 11.6 Å². The zero-order valence-electron chi connectivity index (χ0n) is 9.75. The lowest BCUT2D eigenvalue weighted by atomic mass is 10.0. The van der Waals surface area contributed by atoms with Crippen LogP contribution in [0.5, 0.6) is 0 Å². The summed E-state index contributed by atoms with van der Waals surface area (Å²) >= 11 is 0. The molecule has 2 rings (SSSR count). The number of furan rings is 1. The van der Waals surface area contributed by atoms with Crippen LogP contribution in [0.3, 0.4) is 0 Å². The third-order valence-corrected chi connectivity index (χ3v) is 2.50. The molecule has 6 nitrogen and oxygen atoms in total. The van der Waals surface area contributed by atoms with Gasteiger partial charge in [-0.15, -0.1) is 0 Å². The van der Waals surface area contributed by atoms with Gasteiger partial charge in [-0.05, 0) is 12.1 Å². The number of methoxy groups -OCH3 is 1. The maximum Gasteiger partial charge on any atom is 0.338 e. The number of carbonyl (C=O) groups excluding carboxylic acids is 1. The van der Waals surface area contributed by atoms with E-state index >= 15 is 0 Å². The molecule has 98 valence electrons. The fourth-order valence-corrected chi connectivity index (χ4v) is 1.66. The molecule has 1 heterocycles. The Balaban J connectivity index is 2.68. The Kier molecular flexibility index (Phi) is 3.28. The highest BCUT2D eigenvalue weighted by molar-refractivity contribution is 5.92. The number of carbonyl (C=O) groups is 1. The molecule has 19 heavy (non-hydrogen) atoms. The number of benzene rings is 1. The van der Waals surface area contributed by atoms with E-state index < -0.39 is 22.4 Å². The number of rotatable bonds is 3. The van der Waals surface area contributed by atoms with Crippen LogP contribution in [-0.2, 0) is 4.74 Å². The van der Waals surface area contributed by atoms with Gasteiger partial charge in [-0.3, -0.25) is 10.1 Å². The predicted molar refractivity (Wildman–Crippen MR) is 62.1 cm³/mol. The third-order valence-electron chi connectivity index (χ3n) is 2.50. The van der Waals surface area contributed by atoms with E-state index in [1.807, 2.05) is 0 Å². The van der Waals surface area contributed by atoms with Crippen molar-refractivity contribution < 1.29 is 23.3 Å². The molecule has 0 saturated carbocycles. The van der Waals surface area contributed by atoms with E-state index in [1.165, 1.54) is 18.6 Å². The van der Waals surface area contributed by atoms with E-state index in [0.29, 0.717) is 0 Å². The number of ether oxygens (including phenoxy) is 1. The number of hydrogen-bond acceptors (Lipinski definition) is 5. The van der Waals surface area contributed by atoms with Gasteiger partial charge in [-0.2, -0.15) is 0 Å². The maximum atomic E-state index is 14.0. The molecule has 0 atom stereocenters. The Morgan fingerprint density at radius 2 is 2.21 bits per heavy atom. The first-order chi connectivity index (χ1) is 9.04. The summed E-state index contributed by atoms with van der Waals surface area (Å²) in [6.45, 7) is 0. The molecule has 0 saturated heterocycles. The van der Waals surface area contributed by atoms with Crippen molar-refractivity contribution in [3.05, 3.63) is 52.2 Å². The standard InChI is InChI=1S/C12H8FNO5/c1-18-12(15)8-4-9(13)11(7-2-3-19-6-7)10(5-8)14(16)17/h2-6H,1H3. The topological polar surface area (TPSA) is 82.6 Å². The molecule has 0 aliphatic rings. The van der Waals surface area contributed by atoms with Crippen LogP contribution in [0.15, 0.2) is 35.1 Å². The second-order valence-corrected chi connectivity index (χ2v) is 3.61. The lowest BCUT2D eigenvalue weighted by Crippen LogP contribution is -2.04. The number of nitro groups is 1. The molecule has 0 bridgehead atoms. The molecule has 0 aliphatic carbocycles. The van der Waals surface area contributed by atoms with Crippen LogP contribution >= 0.6 is 0 Å². The highest BCUT2D eigenvalue weighted by Crippen LogP contribution is 2.34. The number of esters is 1. The summed E-state index contributed by atoms with van der Waals surface area (Å²) in [6.07, 6.45) is 2.45. The van der Waals surface area contributed by atoms with Crippen LogP contribution < -0.4 is 0 Å². The Morgan fingerprint density at radius 1 is 1.47 bits per heavy atom. The van der Waals surface area contributed by atoms with Crippen molar-refractivity contribution in [2.75, 3.05) is 7.11 Å². The minimum Gasteiger partial charge on any atom is -0.472 e. The monoisotopic (exact) mass is 265 g/mol. The Hall–Kier alpha value is -2.70. The molecular formula is C12H8FNO5. The molecule has 0 spiro atoms. The summed E-state index contributed by atoms with van der Waals surface area (Å²) < 4.78 is 23.2. The molecule has 0 amide bonds. The summed E-state index contributed by atoms with van der Waals surface area (Å²) in [5.41, 5.74) is -0.757. The van der Waals surface area contributed by atoms with Gasteiger partial charge in [0.05, 0.1) is 35.7 Å². The van der Waals surface area contributed by atoms with Gasteiger partial charge in [0.25, 0.3) is 5.69 Å². The van der Waals surface area contributed by atoms with Crippen LogP contribution in [0.1, 0.15) is 10.4 Å². The summed E-state index contributed by atoms with van der Waals surface area (Å²) in [6, 6.07) is 3.25. The summed E-state index contributed by atoms with van der Waals surface area (Å²) in [4.78, 5) is 21.5. The van der Waals surface area contributed by atoms with Crippen LogP contribution in [0, 0.1) is 15.9 Å². The molecule has 1 aromatic carbocycles. The van der Waals surface area contributed by atoms with Crippen molar-refractivity contribution in [1.82, 2.24) is 0 Å². The Morgan fingerprint density at radius 3 is 2.74 bits per heavy atom. The van der Waals surface area contributed by atoms with E-state index in [9.17, 15) is 19.3 Å². The zero-order chi connectivity index (χ0) is 14.0. The van der Waals surface area contributed by atoms with Crippen molar-refractivity contribution >= 4 is 11.7 Å². The maximum absolute atomic E-state index is 14.0. The van der Waals surface area contributed by atoms with E-state index in [-0.39, 0.29) is 16.7 Å². The third kappa shape index (κ3) is 2.30. The van der Waals surface area contributed by atoms with Crippen molar-refractivity contribution in [3.8, 4) is 11.1 Å². The number of hydrogen-bond donors (Lipinski definition) is 0. The predicted octanol–water partition coefficient (Wildman–Crippen LogP) is 2.78.